The van der Waals surface area contributed by atoms with Crippen LogP contribution in [0, 0.1) is 21.8 Å². The summed E-state index contributed by atoms with van der Waals surface area (Å²) in [6, 6.07) is 18.1. The first-order chi connectivity index (χ1) is 16.3. The molecule has 34 heavy (non-hydrogen) atoms. The first-order valence-corrected chi connectivity index (χ1v) is 12.2. The third-order valence-electron chi connectivity index (χ3n) is 4.74. The number of aryl methyl sites for hydroxylation is 1. The number of hydrogen-bond donors (Lipinski definition) is 1. The number of amides is 1. The topological polar surface area (TPSA) is 71.3 Å². The van der Waals surface area contributed by atoms with Crippen molar-refractivity contribution in [2.45, 2.75) is 20.5 Å². The summed E-state index contributed by atoms with van der Waals surface area (Å²) < 4.78 is 12.6. The van der Waals surface area contributed by atoms with Gasteiger partial charge in [0.15, 0.2) is 11.5 Å². The van der Waals surface area contributed by atoms with Crippen molar-refractivity contribution in [3.63, 3.8) is 0 Å². The largest absolute Gasteiger partial charge is 0.490 e. The number of hydrogen-bond acceptors (Lipinski definition) is 4. The molecule has 8 heteroatoms. The second-order valence-corrected chi connectivity index (χ2v) is 9.22. The SMILES string of the molecule is CCOc1cc(/C=C(/C#N)C(=O)Nc2ccc(C)cc2)cc(I)c1OCc1c(Cl)cccc1Cl. The highest BCUT2D eigenvalue weighted by atomic mass is 127. The lowest BCUT2D eigenvalue weighted by Gasteiger charge is -2.16. The van der Waals surface area contributed by atoms with Gasteiger partial charge >= 0.3 is 0 Å². The zero-order valence-corrected chi connectivity index (χ0v) is 22.2. The van der Waals surface area contributed by atoms with E-state index in [0.717, 1.165) is 9.13 Å². The molecule has 0 aliphatic carbocycles. The van der Waals surface area contributed by atoms with Gasteiger partial charge in [-0.3, -0.25) is 4.79 Å². The van der Waals surface area contributed by atoms with Crippen LogP contribution in [-0.4, -0.2) is 12.5 Å². The highest BCUT2D eigenvalue weighted by Gasteiger charge is 2.16. The van der Waals surface area contributed by atoms with E-state index < -0.39 is 5.91 Å². The molecular weight excluding hydrogens is 586 g/mol. The van der Waals surface area contributed by atoms with Crippen LogP contribution in [0.2, 0.25) is 10.0 Å². The van der Waals surface area contributed by atoms with Crippen molar-refractivity contribution < 1.29 is 14.3 Å². The number of nitriles is 1. The Morgan fingerprint density at radius 2 is 1.79 bits per heavy atom. The number of benzene rings is 3. The van der Waals surface area contributed by atoms with Gasteiger partial charge in [-0.15, -0.1) is 0 Å². The molecule has 0 radical (unpaired) electrons. The minimum atomic E-state index is -0.493. The molecule has 1 amide bonds. The van der Waals surface area contributed by atoms with E-state index in [1.807, 2.05) is 38.1 Å². The molecule has 174 valence electrons. The Bertz CT molecular complexity index is 1250. The molecular formula is C26H21Cl2IN2O3. The Kier molecular flexibility index (Phi) is 9.22. The Balaban J connectivity index is 1.86. The first kappa shape index (κ1) is 25.9. The van der Waals surface area contributed by atoms with Crippen LogP contribution in [0.1, 0.15) is 23.6 Å². The normalized spacial score (nSPS) is 11.0. The summed E-state index contributed by atoms with van der Waals surface area (Å²) in [4.78, 5) is 12.6. The molecule has 0 fully saturated rings. The maximum absolute atomic E-state index is 12.6. The summed E-state index contributed by atoms with van der Waals surface area (Å²) in [5, 5.41) is 13.3. The monoisotopic (exact) mass is 606 g/mol. The average molecular weight is 607 g/mol. The molecule has 0 saturated heterocycles. The standard InChI is InChI=1S/C26H21Cl2IN2O3/c1-3-33-24-13-17(11-18(14-30)26(32)31-19-9-7-16(2)8-10-19)12-23(29)25(24)34-15-20-21(27)5-4-6-22(20)28/h4-13H,3,15H2,1-2H3,(H,31,32)/b18-11-. The van der Waals surface area contributed by atoms with Crippen molar-refractivity contribution in [1.29, 1.82) is 5.26 Å². The van der Waals surface area contributed by atoms with Crippen molar-refractivity contribution in [3.8, 4) is 17.6 Å². The van der Waals surface area contributed by atoms with Gasteiger partial charge in [-0.25, -0.2) is 0 Å². The number of anilines is 1. The molecule has 0 spiro atoms. The Hall–Kier alpha value is -2.73. The number of carbonyl (C=O) groups is 1. The maximum atomic E-state index is 12.6. The fourth-order valence-electron chi connectivity index (χ4n) is 3.04. The molecule has 0 bridgehead atoms. The summed E-state index contributed by atoms with van der Waals surface area (Å²) in [5.41, 5.74) is 2.96. The smallest absolute Gasteiger partial charge is 0.266 e. The molecule has 0 aromatic heterocycles. The van der Waals surface area contributed by atoms with E-state index in [0.29, 0.717) is 45.0 Å². The maximum Gasteiger partial charge on any atom is 0.266 e. The second kappa shape index (κ2) is 12.1. The summed E-state index contributed by atoms with van der Waals surface area (Å²) in [5.74, 6) is 0.520. The lowest BCUT2D eigenvalue weighted by Crippen LogP contribution is -2.13. The summed E-state index contributed by atoms with van der Waals surface area (Å²) in [6.45, 7) is 4.39. The number of carbonyl (C=O) groups excluding carboxylic acids is 1. The van der Waals surface area contributed by atoms with E-state index in [1.54, 1.807) is 36.4 Å². The molecule has 0 heterocycles. The van der Waals surface area contributed by atoms with Gasteiger partial charge in [0.05, 0.1) is 10.2 Å². The third kappa shape index (κ3) is 6.66. The number of rotatable bonds is 8. The van der Waals surface area contributed by atoms with Crippen LogP contribution in [-0.2, 0) is 11.4 Å². The van der Waals surface area contributed by atoms with Gasteiger partial charge < -0.3 is 14.8 Å². The third-order valence-corrected chi connectivity index (χ3v) is 6.25. The van der Waals surface area contributed by atoms with Crippen molar-refractivity contribution >= 4 is 63.5 Å². The van der Waals surface area contributed by atoms with Gasteiger partial charge in [-0.1, -0.05) is 47.0 Å². The molecule has 0 aliphatic rings. The van der Waals surface area contributed by atoms with Crippen LogP contribution < -0.4 is 14.8 Å². The minimum absolute atomic E-state index is 0.0321. The Morgan fingerprint density at radius 1 is 1.12 bits per heavy atom. The fraction of sp³-hybridized carbons (Fsp3) is 0.154. The van der Waals surface area contributed by atoms with Crippen molar-refractivity contribution in [2.75, 3.05) is 11.9 Å². The van der Waals surface area contributed by atoms with Crippen molar-refractivity contribution in [2.24, 2.45) is 0 Å². The number of halogens is 3. The van der Waals surface area contributed by atoms with Gasteiger partial charge in [0.1, 0.15) is 18.2 Å². The quantitative estimate of drug-likeness (QED) is 0.164. The zero-order valence-electron chi connectivity index (χ0n) is 18.5. The summed E-state index contributed by atoms with van der Waals surface area (Å²) >= 11 is 14.6. The number of nitrogens with one attached hydrogen (secondary N) is 1. The van der Waals surface area contributed by atoms with E-state index in [4.69, 9.17) is 32.7 Å². The highest BCUT2D eigenvalue weighted by Crippen LogP contribution is 2.36. The molecule has 3 aromatic carbocycles. The van der Waals surface area contributed by atoms with Gasteiger partial charge in [-0.2, -0.15) is 5.26 Å². The van der Waals surface area contributed by atoms with Crippen molar-refractivity contribution in [1.82, 2.24) is 0 Å². The van der Waals surface area contributed by atoms with E-state index in [2.05, 4.69) is 27.9 Å². The Labute approximate surface area is 222 Å². The van der Waals surface area contributed by atoms with Crippen LogP contribution in [0.25, 0.3) is 6.08 Å². The highest BCUT2D eigenvalue weighted by molar-refractivity contribution is 14.1. The van der Waals surface area contributed by atoms with Crippen LogP contribution in [0.3, 0.4) is 0 Å². The van der Waals surface area contributed by atoms with Crippen LogP contribution >= 0.6 is 45.8 Å². The van der Waals surface area contributed by atoms with Gasteiger partial charge in [0, 0.05) is 21.3 Å². The molecule has 5 nitrogen and oxygen atoms in total. The zero-order chi connectivity index (χ0) is 24.7. The van der Waals surface area contributed by atoms with Crippen LogP contribution in [0.15, 0.2) is 60.2 Å². The summed E-state index contributed by atoms with van der Waals surface area (Å²) in [6.07, 6.45) is 1.52. The minimum Gasteiger partial charge on any atom is -0.490 e. The molecule has 0 atom stereocenters. The van der Waals surface area contributed by atoms with E-state index in [9.17, 15) is 10.1 Å². The van der Waals surface area contributed by atoms with Crippen LogP contribution in [0.4, 0.5) is 5.69 Å². The second-order valence-electron chi connectivity index (χ2n) is 7.24. The molecule has 0 unspecified atom stereocenters. The van der Waals surface area contributed by atoms with E-state index >= 15 is 0 Å². The number of nitrogens with zero attached hydrogens (tertiary/aromatic N) is 1. The lowest BCUT2D eigenvalue weighted by molar-refractivity contribution is -0.112. The average Bonchev–Trinajstić information content (AvgIpc) is 2.80. The first-order valence-electron chi connectivity index (χ1n) is 10.3. The lowest BCUT2D eigenvalue weighted by atomic mass is 10.1. The molecule has 3 rings (SSSR count). The Morgan fingerprint density at radius 3 is 2.41 bits per heavy atom. The molecule has 0 aliphatic heterocycles. The van der Waals surface area contributed by atoms with E-state index in [1.165, 1.54) is 6.08 Å². The van der Waals surface area contributed by atoms with Gasteiger partial charge in [-0.05, 0) is 84.5 Å². The predicted molar refractivity (Wildman–Crippen MR) is 145 cm³/mol. The van der Waals surface area contributed by atoms with E-state index in [-0.39, 0.29) is 12.2 Å². The van der Waals surface area contributed by atoms with Crippen molar-refractivity contribution in [3.05, 3.63) is 90.5 Å². The van der Waals surface area contributed by atoms with Gasteiger partial charge in [0.25, 0.3) is 5.91 Å². The fourth-order valence-corrected chi connectivity index (χ4v) is 4.33. The van der Waals surface area contributed by atoms with Gasteiger partial charge in [0.2, 0.25) is 0 Å². The molecule has 3 aromatic rings. The molecule has 0 saturated carbocycles. The van der Waals surface area contributed by atoms with Crippen LogP contribution in [0.5, 0.6) is 11.5 Å². The molecule has 1 N–H and O–H groups in total. The summed E-state index contributed by atoms with van der Waals surface area (Å²) in [7, 11) is 0. The number of ether oxygens (including phenoxy) is 2. The predicted octanol–water partition coefficient (Wildman–Crippen LogP) is 7.43.